The van der Waals surface area contributed by atoms with Crippen molar-refractivity contribution in [3.8, 4) is 0 Å². The highest BCUT2D eigenvalue weighted by Gasteiger charge is 2.32. The van der Waals surface area contributed by atoms with Gasteiger partial charge in [0.05, 0.1) is 9.95 Å². The van der Waals surface area contributed by atoms with E-state index >= 15 is 0 Å². The molecule has 0 spiro atoms. The minimum absolute atomic E-state index is 0.385. The molecule has 0 radical (unpaired) electrons. The molecule has 0 aromatic heterocycles. The van der Waals surface area contributed by atoms with Gasteiger partial charge in [-0.2, -0.15) is 0 Å². The molecule has 0 fully saturated rings. The van der Waals surface area contributed by atoms with Gasteiger partial charge in [0, 0.05) is 6.26 Å². The number of carboxylic acids is 1. The summed E-state index contributed by atoms with van der Waals surface area (Å²) in [6, 6.07) is 1.88. The van der Waals surface area contributed by atoms with Gasteiger partial charge in [-0.25, -0.2) is 13.2 Å². The molecule has 9 heteroatoms. The molecule has 0 heterocycles. The molecule has 7 nitrogen and oxygen atoms in total. The zero-order chi connectivity index (χ0) is 13.4. The molecule has 1 rings (SSSR count). The Labute approximate surface area is 101 Å². The number of aromatic carboxylic acids is 1. The van der Waals surface area contributed by atoms with Crippen LogP contribution in [0.15, 0.2) is 17.0 Å². The second kappa shape index (κ2) is 4.30. The van der Waals surface area contributed by atoms with E-state index in [1.54, 1.807) is 0 Å². The quantitative estimate of drug-likeness (QED) is 0.659. The van der Waals surface area contributed by atoms with Crippen molar-refractivity contribution in [1.82, 2.24) is 0 Å². The van der Waals surface area contributed by atoms with Gasteiger partial charge in [0.15, 0.2) is 14.7 Å². The molecule has 0 unspecified atom stereocenters. The van der Waals surface area contributed by atoms with Gasteiger partial charge in [0.25, 0.3) is 0 Å². The lowest BCUT2D eigenvalue weighted by molar-refractivity contribution is -0.388. The summed E-state index contributed by atoms with van der Waals surface area (Å²) in [5.74, 6) is -1.60. The van der Waals surface area contributed by atoms with Crippen LogP contribution in [-0.2, 0) is 9.84 Å². The van der Waals surface area contributed by atoms with Crippen molar-refractivity contribution in [3.05, 3.63) is 32.8 Å². The van der Waals surface area contributed by atoms with Crippen LogP contribution in [0.4, 0.5) is 5.69 Å². The number of benzene rings is 1. The lowest BCUT2D eigenvalue weighted by Crippen LogP contribution is -2.09. The first-order valence-electron chi connectivity index (χ1n) is 4.06. The minimum atomic E-state index is -4.00. The monoisotopic (exact) mass is 279 g/mol. The number of rotatable bonds is 3. The Bertz CT molecular complexity index is 609. The van der Waals surface area contributed by atoms with Crippen LogP contribution in [0.3, 0.4) is 0 Å². The van der Waals surface area contributed by atoms with Crippen LogP contribution in [0.2, 0.25) is 5.02 Å². The maximum atomic E-state index is 11.4. The van der Waals surface area contributed by atoms with Crippen LogP contribution < -0.4 is 0 Å². The first-order chi connectivity index (χ1) is 7.66. The standard InChI is InChI=1S/C8H6ClNO6S/c1-17(15,16)7-5(9)3-2-4(8(11)12)6(7)10(13)14/h2-3H,1H3,(H,11,12). The predicted octanol–water partition coefficient (Wildman–Crippen LogP) is 1.35. The van der Waals surface area contributed by atoms with Crippen LogP contribution in [0.1, 0.15) is 10.4 Å². The van der Waals surface area contributed by atoms with Gasteiger partial charge in [-0.15, -0.1) is 0 Å². The van der Waals surface area contributed by atoms with Crippen molar-refractivity contribution in [2.24, 2.45) is 0 Å². The van der Waals surface area contributed by atoms with E-state index in [2.05, 4.69) is 0 Å². The maximum absolute atomic E-state index is 11.4. The zero-order valence-electron chi connectivity index (χ0n) is 8.38. The number of nitro groups is 1. The number of hydrogen-bond donors (Lipinski definition) is 1. The van der Waals surface area contributed by atoms with Crippen molar-refractivity contribution in [2.75, 3.05) is 6.26 Å². The summed E-state index contributed by atoms with van der Waals surface area (Å²) >= 11 is 5.56. The Morgan fingerprint density at radius 1 is 1.47 bits per heavy atom. The SMILES string of the molecule is CS(=O)(=O)c1c(Cl)ccc(C(=O)O)c1[N+](=O)[O-]. The van der Waals surface area contributed by atoms with E-state index < -0.39 is 36.9 Å². The van der Waals surface area contributed by atoms with Gasteiger partial charge in [-0.1, -0.05) is 11.6 Å². The third-order valence-electron chi connectivity index (χ3n) is 1.87. The number of nitro benzene ring substituents is 1. The van der Waals surface area contributed by atoms with E-state index in [1.807, 2.05) is 0 Å². The van der Waals surface area contributed by atoms with E-state index in [0.717, 1.165) is 12.1 Å². The second-order valence-electron chi connectivity index (χ2n) is 3.11. The fourth-order valence-electron chi connectivity index (χ4n) is 1.25. The van der Waals surface area contributed by atoms with Gasteiger partial charge < -0.3 is 5.11 Å². The number of carbonyl (C=O) groups is 1. The lowest BCUT2D eigenvalue weighted by atomic mass is 10.2. The van der Waals surface area contributed by atoms with Crippen LogP contribution in [-0.4, -0.2) is 30.7 Å². The Morgan fingerprint density at radius 3 is 2.35 bits per heavy atom. The third-order valence-corrected chi connectivity index (χ3v) is 3.45. The molecular formula is C8H6ClNO6S. The van der Waals surface area contributed by atoms with Crippen molar-refractivity contribution in [1.29, 1.82) is 0 Å². The summed E-state index contributed by atoms with van der Waals surface area (Å²) in [5.41, 5.74) is -1.74. The first-order valence-corrected chi connectivity index (χ1v) is 6.33. The number of halogens is 1. The first kappa shape index (κ1) is 13.4. The molecule has 17 heavy (non-hydrogen) atoms. The third kappa shape index (κ3) is 2.53. The predicted molar refractivity (Wildman–Crippen MR) is 58.2 cm³/mol. The van der Waals surface area contributed by atoms with E-state index in [4.69, 9.17) is 16.7 Å². The van der Waals surface area contributed by atoms with Gasteiger partial charge in [-0.3, -0.25) is 10.1 Å². The number of sulfone groups is 1. The number of carboxylic acid groups (broad SMARTS) is 1. The Hall–Kier alpha value is -1.67. The fourth-order valence-corrected chi connectivity index (χ4v) is 2.78. The molecule has 0 saturated heterocycles. The Morgan fingerprint density at radius 2 is 2.00 bits per heavy atom. The molecule has 0 saturated carbocycles. The van der Waals surface area contributed by atoms with Crippen LogP contribution >= 0.6 is 11.6 Å². The van der Waals surface area contributed by atoms with Crippen LogP contribution in [0.5, 0.6) is 0 Å². The largest absolute Gasteiger partial charge is 0.477 e. The average Bonchev–Trinajstić information content (AvgIpc) is 2.14. The Kier molecular flexibility index (Phi) is 3.39. The van der Waals surface area contributed by atoms with E-state index in [0.29, 0.717) is 6.26 Å². The normalized spacial score (nSPS) is 11.2. The highest BCUT2D eigenvalue weighted by molar-refractivity contribution is 7.91. The molecule has 1 aromatic carbocycles. The number of hydrogen-bond acceptors (Lipinski definition) is 5. The van der Waals surface area contributed by atoms with E-state index in [9.17, 15) is 23.3 Å². The molecule has 92 valence electrons. The molecule has 0 aliphatic rings. The van der Waals surface area contributed by atoms with Crippen molar-refractivity contribution in [3.63, 3.8) is 0 Å². The van der Waals surface area contributed by atoms with Gasteiger partial charge in [0.1, 0.15) is 5.56 Å². The maximum Gasteiger partial charge on any atom is 0.342 e. The van der Waals surface area contributed by atoms with E-state index in [1.165, 1.54) is 0 Å². The highest BCUT2D eigenvalue weighted by atomic mass is 35.5. The summed E-state index contributed by atoms with van der Waals surface area (Å²) in [4.78, 5) is 19.7. The summed E-state index contributed by atoms with van der Waals surface area (Å²) in [6.07, 6.45) is 0.715. The Balaban J connectivity index is 3.86. The topological polar surface area (TPSA) is 115 Å². The van der Waals surface area contributed by atoms with Crippen LogP contribution in [0, 0.1) is 10.1 Å². The second-order valence-corrected chi connectivity index (χ2v) is 5.47. The minimum Gasteiger partial charge on any atom is -0.477 e. The molecule has 0 atom stereocenters. The molecular weight excluding hydrogens is 274 g/mol. The molecule has 0 aliphatic heterocycles. The summed E-state index contributed by atoms with van der Waals surface area (Å²) < 4.78 is 22.7. The highest BCUT2D eigenvalue weighted by Crippen LogP contribution is 2.34. The van der Waals surface area contributed by atoms with Crippen molar-refractivity contribution >= 4 is 33.1 Å². The summed E-state index contributed by atoms with van der Waals surface area (Å²) in [5, 5.41) is 19.1. The van der Waals surface area contributed by atoms with Gasteiger partial charge in [0.2, 0.25) is 0 Å². The molecule has 1 aromatic rings. The fraction of sp³-hybridized carbons (Fsp3) is 0.125. The number of nitrogens with zero attached hydrogens (tertiary/aromatic N) is 1. The van der Waals surface area contributed by atoms with E-state index in [-0.39, 0.29) is 5.02 Å². The lowest BCUT2D eigenvalue weighted by Gasteiger charge is -2.05. The summed E-state index contributed by atoms with van der Waals surface area (Å²) in [7, 11) is -4.00. The molecule has 0 amide bonds. The smallest absolute Gasteiger partial charge is 0.342 e. The van der Waals surface area contributed by atoms with Crippen molar-refractivity contribution < 1.29 is 23.2 Å². The molecule has 0 aliphatic carbocycles. The van der Waals surface area contributed by atoms with Gasteiger partial charge >= 0.3 is 11.7 Å². The molecule has 1 N–H and O–H groups in total. The van der Waals surface area contributed by atoms with Gasteiger partial charge in [-0.05, 0) is 12.1 Å². The average molecular weight is 280 g/mol. The summed E-state index contributed by atoms with van der Waals surface area (Å²) in [6.45, 7) is 0. The zero-order valence-corrected chi connectivity index (χ0v) is 9.95. The van der Waals surface area contributed by atoms with Crippen molar-refractivity contribution in [2.45, 2.75) is 4.90 Å². The van der Waals surface area contributed by atoms with Crippen LogP contribution in [0.25, 0.3) is 0 Å². The molecule has 0 bridgehead atoms.